The van der Waals surface area contributed by atoms with Crippen molar-refractivity contribution in [1.82, 2.24) is 9.97 Å². The lowest BCUT2D eigenvalue weighted by Crippen LogP contribution is -2.14. The van der Waals surface area contributed by atoms with Crippen molar-refractivity contribution < 1.29 is 9.47 Å². The molecule has 0 aliphatic carbocycles. The maximum absolute atomic E-state index is 5.75. The number of nitrogens with one attached hydrogen (secondary N) is 1. The quantitative estimate of drug-likeness (QED) is 0.779. The molecule has 19 heavy (non-hydrogen) atoms. The van der Waals surface area contributed by atoms with Crippen LogP contribution in [0.15, 0.2) is 6.07 Å². The van der Waals surface area contributed by atoms with E-state index in [1.165, 1.54) is 6.42 Å². The van der Waals surface area contributed by atoms with Gasteiger partial charge in [-0.3, -0.25) is 0 Å². The average molecular weight is 266 g/mol. The zero-order valence-corrected chi connectivity index (χ0v) is 11.4. The lowest BCUT2D eigenvalue weighted by molar-refractivity contribution is 0.107. The predicted molar refractivity (Wildman–Crippen MR) is 73.9 cm³/mol. The second-order valence-corrected chi connectivity index (χ2v) is 4.58. The first-order valence-corrected chi connectivity index (χ1v) is 6.84. The van der Waals surface area contributed by atoms with Crippen LogP contribution in [-0.2, 0) is 16.1 Å². The van der Waals surface area contributed by atoms with Crippen LogP contribution < -0.4 is 11.1 Å². The van der Waals surface area contributed by atoms with Gasteiger partial charge in [0.25, 0.3) is 0 Å². The summed E-state index contributed by atoms with van der Waals surface area (Å²) in [6.45, 7) is 4.69. The van der Waals surface area contributed by atoms with Crippen molar-refractivity contribution >= 4 is 11.6 Å². The maximum Gasteiger partial charge on any atom is 0.158 e. The van der Waals surface area contributed by atoms with E-state index in [1.54, 1.807) is 6.07 Å². The van der Waals surface area contributed by atoms with E-state index >= 15 is 0 Å². The van der Waals surface area contributed by atoms with Gasteiger partial charge in [-0.25, -0.2) is 9.97 Å². The molecule has 1 aromatic heterocycles. The van der Waals surface area contributed by atoms with Crippen LogP contribution in [0, 0.1) is 0 Å². The second kappa shape index (κ2) is 7.25. The number of ether oxygens (including phenoxy) is 2. The molecule has 1 aromatic rings. The molecule has 1 atom stereocenters. The van der Waals surface area contributed by atoms with Gasteiger partial charge < -0.3 is 20.5 Å². The van der Waals surface area contributed by atoms with Gasteiger partial charge in [-0.2, -0.15) is 0 Å². The molecule has 1 unspecified atom stereocenters. The van der Waals surface area contributed by atoms with Gasteiger partial charge in [0.15, 0.2) is 5.82 Å². The van der Waals surface area contributed by atoms with Crippen LogP contribution in [0.1, 0.15) is 32.0 Å². The van der Waals surface area contributed by atoms with Crippen LogP contribution in [0.25, 0.3) is 0 Å². The Morgan fingerprint density at radius 2 is 2.42 bits per heavy atom. The molecule has 2 rings (SSSR count). The Balaban J connectivity index is 1.82. The topological polar surface area (TPSA) is 82.3 Å². The van der Waals surface area contributed by atoms with Crippen molar-refractivity contribution in [2.75, 3.05) is 30.8 Å². The highest BCUT2D eigenvalue weighted by Gasteiger charge is 2.14. The first-order valence-electron chi connectivity index (χ1n) is 6.84. The molecule has 0 spiro atoms. The lowest BCUT2D eigenvalue weighted by Gasteiger charge is -2.11. The molecule has 1 saturated heterocycles. The molecule has 0 bridgehead atoms. The average Bonchev–Trinajstić information content (AvgIpc) is 2.89. The molecule has 106 valence electrons. The molecule has 0 saturated carbocycles. The highest BCUT2D eigenvalue weighted by molar-refractivity contribution is 5.44. The van der Waals surface area contributed by atoms with Gasteiger partial charge in [-0.15, -0.1) is 0 Å². The summed E-state index contributed by atoms with van der Waals surface area (Å²) in [6.07, 6.45) is 3.70. The normalized spacial score (nSPS) is 18.7. The number of nitrogen functional groups attached to an aromatic ring is 1. The summed E-state index contributed by atoms with van der Waals surface area (Å²) in [6, 6.07) is 1.74. The van der Waals surface area contributed by atoms with Crippen molar-refractivity contribution in [2.45, 2.75) is 38.9 Å². The minimum atomic E-state index is 0.384. The molecular formula is C13H22N4O2. The highest BCUT2D eigenvalue weighted by Crippen LogP contribution is 2.16. The number of nitrogens with two attached hydrogens (primary N) is 1. The Hall–Kier alpha value is -1.40. The fourth-order valence-electron chi connectivity index (χ4n) is 2.10. The van der Waals surface area contributed by atoms with E-state index in [-0.39, 0.29) is 0 Å². The first-order chi connectivity index (χ1) is 9.28. The summed E-state index contributed by atoms with van der Waals surface area (Å²) in [5.41, 5.74) is 5.75. The summed E-state index contributed by atoms with van der Waals surface area (Å²) in [5.74, 6) is 1.82. The van der Waals surface area contributed by atoms with Crippen LogP contribution in [0.4, 0.5) is 11.6 Å². The lowest BCUT2D eigenvalue weighted by atomic mass is 10.2. The SMILES string of the molecule is CCOCc1nc(N)cc(NCCC2CCCO2)n1. The van der Waals surface area contributed by atoms with Gasteiger partial charge in [0, 0.05) is 25.8 Å². The van der Waals surface area contributed by atoms with E-state index in [0.717, 1.165) is 31.8 Å². The number of anilines is 2. The van der Waals surface area contributed by atoms with Gasteiger partial charge in [-0.05, 0) is 26.2 Å². The largest absolute Gasteiger partial charge is 0.384 e. The third-order valence-corrected chi connectivity index (χ3v) is 3.02. The highest BCUT2D eigenvalue weighted by atomic mass is 16.5. The smallest absolute Gasteiger partial charge is 0.158 e. The second-order valence-electron chi connectivity index (χ2n) is 4.58. The van der Waals surface area contributed by atoms with E-state index in [4.69, 9.17) is 15.2 Å². The zero-order chi connectivity index (χ0) is 13.5. The number of rotatable bonds is 7. The Morgan fingerprint density at radius 1 is 1.53 bits per heavy atom. The first kappa shape index (κ1) is 14.0. The molecule has 1 aliphatic heterocycles. The number of aromatic nitrogens is 2. The van der Waals surface area contributed by atoms with Gasteiger partial charge in [-0.1, -0.05) is 0 Å². The fourth-order valence-corrected chi connectivity index (χ4v) is 2.10. The Bertz CT molecular complexity index is 394. The number of hydrogen-bond donors (Lipinski definition) is 2. The maximum atomic E-state index is 5.75. The number of nitrogens with zero attached hydrogens (tertiary/aromatic N) is 2. The minimum Gasteiger partial charge on any atom is -0.384 e. The van der Waals surface area contributed by atoms with Gasteiger partial charge >= 0.3 is 0 Å². The third-order valence-electron chi connectivity index (χ3n) is 3.02. The Morgan fingerprint density at radius 3 is 3.16 bits per heavy atom. The molecular weight excluding hydrogens is 244 g/mol. The van der Waals surface area contributed by atoms with Gasteiger partial charge in [0.1, 0.15) is 18.2 Å². The van der Waals surface area contributed by atoms with Gasteiger partial charge in [0.05, 0.1) is 6.10 Å². The summed E-state index contributed by atoms with van der Waals surface area (Å²) >= 11 is 0. The van der Waals surface area contributed by atoms with Crippen LogP contribution in [-0.4, -0.2) is 35.8 Å². The molecule has 0 aromatic carbocycles. The molecule has 2 heterocycles. The van der Waals surface area contributed by atoms with Crippen molar-refractivity contribution in [3.8, 4) is 0 Å². The molecule has 3 N–H and O–H groups in total. The predicted octanol–water partition coefficient (Wildman–Crippen LogP) is 1.58. The third kappa shape index (κ3) is 4.65. The zero-order valence-electron chi connectivity index (χ0n) is 11.4. The molecule has 1 aliphatic rings. The molecule has 6 heteroatoms. The monoisotopic (exact) mass is 266 g/mol. The van der Waals surface area contributed by atoms with Crippen molar-refractivity contribution in [2.24, 2.45) is 0 Å². The van der Waals surface area contributed by atoms with Crippen molar-refractivity contribution in [3.05, 3.63) is 11.9 Å². The van der Waals surface area contributed by atoms with Crippen LogP contribution in [0.5, 0.6) is 0 Å². The van der Waals surface area contributed by atoms with E-state index in [2.05, 4.69) is 15.3 Å². The van der Waals surface area contributed by atoms with Gasteiger partial charge in [0.2, 0.25) is 0 Å². The molecule has 0 amide bonds. The summed E-state index contributed by atoms with van der Waals surface area (Å²) in [4.78, 5) is 8.50. The van der Waals surface area contributed by atoms with E-state index < -0.39 is 0 Å². The molecule has 6 nitrogen and oxygen atoms in total. The summed E-state index contributed by atoms with van der Waals surface area (Å²) in [7, 11) is 0. The van der Waals surface area contributed by atoms with E-state index in [0.29, 0.717) is 31.0 Å². The Kier molecular flexibility index (Phi) is 5.35. The molecule has 0 radical (unpaired) electrons. The van der Waals surface area contributed by atoms with E-state index in [9.17, 15) is 0 Å². The minimum absolute atomic E-state index is 0.384. The van der Waals surface area contributed by atoms with Crippen LogP contribution in [0.2, 0.25) is 0 Å². The summed E-state index contributed by atoms with van der Waals surface area (Å²) in [5, 5.41) is 3.26. The fraction of sp³-hybridized carbons (Fsp3) is 0.692. The number of hydrogen-bond acceptors (Lipinski definition) is 6. The van der Waals surface area contributed by atoms with E-state index in [1.807, 2.05) is 6.92 Å². The van der Waals surface area contributed by atoms with Crippen LogP contribution in [0.3, 0.4) is 0 Å². The molecule has 1 fully saturated rings. The van der Waals surface area contributed by atoms with Crippen LogP contribution >= 0.6 is 0 Å². The summed E-state index contributed by atoms with van der Waals surface area (Å²) < 4.78 is 10.9. The standard InChI is InChI=1S/C13H22N4O2/c1-2-18-9-13-16-11(14)8-12(17-13)15-6-5-10-4-3-7-19-10/h8,10H,2-7,9H2,1H3,(H3,14,15,16,17). The van der Waals surface area contributed by atoms with Crippen molar-refractivity contribution in [3.63, 3.8) is 0 Å². The van der Waals surface area contributed by atoms with Crippen molar-refractivity contribution in [1.29, 1.82) is 0 Å². The Labute approximate surface area is 113 Å².